The molecule has 0 saturated carbocycles. The Morgan fingerprint density at radius 3 is 2.52 bits per heavy atom. The van der Waals surface area contributed by atoms with E-state index < -0.39 is 0 Å². The smallest absolute Gasteiger partial charge is 0.142 e. The summed E-state index contributed by atoms with van der Waals surface area (Å²) >= 11 is 12.4. The lowest BCUT2D eigenvalue weighted by molar-refractivity contribution is 0.624. The molecule has 2 N–H and O–H groups in total. The maximum atomic E-state index is 6.34. The summed E-state index contributed by atoms with van der Waals surface area (Å²) in [5.41, 5.74) is 9.17. The van der Waals surface area contributed by atoms with Crippen LogP contribution in [0.2, 0.25) is 10.0 Å². The van der Waals surface area contributed by atoms with Gasteiger partial charge in [0.05, 0.1) is 16.1 Å². The summed E-state index contributed by atoms with van der Waals surface area (Å²) in [6.45, 7) is 4.23. The lowest BCUT2D eigenvalue weighted by atomic mass is 10.2. The molecule has 1 aromatic heterocycles. The van der Waals surface area contributed by atoms with E-state index in [2.05, 4.69) is 18.4 Å². The predicted octanol–water partition coefficient (Wildman–Crippen LogP) is 5.17. The van der Waals surface area contributed by atoms with Crippen molar-refractivity contribution >= 4 is 39.9 Å². The number of anilines is 1. The van der Waals surface area contributed by atoms with E-state index in [1.165, 1.54) is 0 Å². The minimum atomic E-state index is 0.250. The van der Waals surface area contributed by atoms with E-state index in [1.54, 1.807) is 6.07 Å². The molecule has 0 bridgehead atoms. The SMILES string of the molecule is CC(C)n1c(-c2ccc(N)cc2Cl)nc2cc(Cl)ccc21. The van der Waals surface area contributed by atoms with Crippen molar-refractivity contribution in [3.05, 3.63) is 46.4 Å². The fraction of sp³-hybridized carbons (Fsp3) is 0.188. The van der Waals surface area contributed by atoms with Gasteiger partial charge in [0.1, 0.15) is 5.82 Å². The van der Waals surface area contributed by atoms with Crippen LogP contribution in [0.15, 0.2) is 36.4 Å². The predicted molar refractivity (Wildman–Crippen MR) is 90.0 cm³/mol. The number of fused-ring (bicyclic) bond motifs is 1. The summed E-state index contributed by atoms with van der Waals surface area (Å²) in [6.07, 6.45) is 0. The summed E-state index contributed by atoms with van der Waals surface area (Å²) in [5, 5.41) is 1.27. The van der Waals surface area contributed by atoms with Crippen molar-refractivity contribution in [3.8, 4) is 11.4 Å². The number of nitrogens with zero attached hydrogens (tertiary/aromatic N) is 2. The number of aromatic nitrogens is 2. The molecule has 0 atom stereocenters. The van der Waals surface area contributed by atoms with E-state index in [9.17, 15) is 0 Å². The molecule has 0 radical (unpaired) electrons. The first kappa shape index (κ1) is 14.2. The zero-order valence-electron chi connectivity index (χ0n) is 11.8. The van der Waals surface area contributed by atoms with Crippen LogP contribution in [0, 0.1) is 0 Å². The Labute approximate surface area is 133 Å². The standard InChI is InChI=1S/C16H15Cl2N3/c1-9(2)21-15-6-3-10(17)7-14(15)20-16(21)12-5-4-11(19)8-13(12)18/h3-9H,19H2,1-2H3. The Morgan fingerprint density at radius 2 is 1.86 bits per heavy atom. The number of imidazole rings is 1. The van der Waals surface area contributed by atoms with Gasteiger partial charge in [-0.05, 0) is 50.2 Å². The fourth-order valence-electron chi connectivity index (χ4n) is 2.50. The molecule has 108 valence electrons. The monoisotopic (exact) mass is 319 g/mol. The second-order valence-electron chi connectivity index (χ2n) is 5.27. The van der Waals surface area contributed by atoms with Gasteiger partial charge in [-0.1, -0.05) is 23.2 Å². The highest BCUT2D eigenvalue weighted by atomic mass is 35.5. The van der Waals surface area contributed by atoms with Gasteiger partial charge in [0.15, 0.2) is 0 Å². The number of hydrogen-bond donors (Lipinski definition) is 1. The van der Waals surface area contributed by atoms with Crippen LogP contribution in [0.4, 0.5) is 5.69 Å². The van der Waals surface area contributed by atoms with Crippen molar-refractivity contribution in [2.45, 2.75) is 19.9 Å². The Hall–Kier alpha value is -1.71. The number of nitrogen functional groups attached to an aromatic ring is 1. The Kier molecular flexibility index (Phi) is 3.56. The van der Waals surface area contributed by atoms with Crippen LogP contribution in [0.1, 0.15) is 19.9 Å². The molecular weight excluding hydrogens is 305 g/mol. The van der Waals surface area contributed by atoms with E-state index in [0.717, 1.165) is 22.4 Å². The zero-order valence-corrected chi connectivity index (χ0v) is 13.3. The van der Waals surface area contributed by atoms with Crippen molar-refractivity contribution in [3.63, 3.8) is 0 Å². The Morgan fingerprint density at radius 1 is 1.10 bits per heavy atom. The van der Waals surface area contributed by atoms with Gasteiger partial charge in [0, 0.05) is 22.3 Å². The molecule has 0 saturated heterocycles. The summed E-state index contributed by atoms with van der Waals surface area (Å²) in [4.78, 5) is 4.71. The molecule has 5 heteroatoms. The third kappa shape index (κ3) is 2.47. The molecule has 3 nitrogen and oxygen atoms in total. The maximum absolute atomic E-state index is 6.34. The van der Waals surface area contributed by atoms with E-state index in [4.69, 9.17) is 33.9 Å². The first-order chi connectivity index (χ1) is 9.97. The minimum Gasteiger partial charge on any atom is -0.399 e. The van der Waals surface area contributed by atoms with Crippen LogP contribution in [-0.4, -0.2) is 9.55 Å². The van der Waals surface area contributed by atoms with Gasteiger partial charge >= 0.3 is 0 Å². The molecule has 0 fully saturated rings. The molecule has 0 spiro atoms. The van der Waals surface area contributed by atoms with Crippen LogP contribution >= 0.6 is 23.2 Å². The number of rotatable bonds is 2. The summed E-state index contributed by atoms with van der Waals surface area (Å²) < 4.78 is 2.16. The first-order valence-electron chi connectivity index (χ1n) is 6.70. The molecule has 2 aromatic carbocycles. The van der Waals surface area contributed by atoms with Crippen LogP contribution in [0.3, 0.4) is 0 Å². The minimum absolute atomic E-state index is 0.250. The average Bonchev–Trinajstić information content (AvgIpc) is 2.76. The first-order valence-corrected chi connectivity index (χ1v) is 7.46. The average molecular weight is 320 g/mol. The lowest BCUT2D eigenvalue weighted by Crippen LogP contribution is -2.03. The summed E-state index contributed by atoms with van der Waals surface area (Å²) in [7, 11) is 0. The highest BCUT2D eigenvalue weighted by Gasteiger charge is 2.17. The Bertz CT molecular complexity index is 822. The molecule has 3 aromatic rings. The van der Waals surface area contributed by atoms with Crippen molar-refractivity contribution in [2.75, 3.05) is 5.73 Å². The van der Waals surface area contributed by atoms with Crippen LogP contribution in [0.25, 0.3) is 22.4 Å². The summed E-state index contributed by atoms with van der Waals surface area (Å²) in [5.74, 6) is 0.826. The van der Waals surface area contributed by atoms with Crippen LogP contribution in [-0.2, 0) is 0 Å². The highest BCUT2D eigenvalue weighted by Crippen LogP contribution is 2.34. The van der Waals surface area contributed by atoms with Gasteiger partial charge in [-0.25, -0.2) is 4.98 Å². The Balaban J connectivity index is 2.33. The van der Waals surface area contributed by atoms with Crippen molar-refractivity contribution < 1.29 is 0 Å². The molecular formula is C16H15Cl2N3. The third-order valence-corrected chi connectivity index (χ3v) is 3.95. The lowest BCUT2D eigenvalue weighted by Gasteiger charge is -2.14. The third-order valence-electron chi connectivity index (χ3n) is 3.40. The molecule has 21 heavy (non-hydrogen) atoms. The van der Waals surface area contributed by atoms with Crippen molar-refractivity contribution in [2.24, 2.45) is 0 Å². The van der Waals surface area contributed by atoms with Crippen molar-refractivity contribution in [1.29, 1.82) is 0 Å². The number of nitrogens with two attached hydrogens (primary N) is 1. The quantitative estimate of drug-likeness (QED) is 0.662. The summed E-state index contributed by atoms with van der Waals surface area (Å²) in [6, 6.07) is 11.5. The van der Waals surface area contributed by atoms with E-state index >= 15 is 0 Å². The number of hydrogen-bond acceptors (Lipinski definition) is 2. The molecule has 1 heterocycles. The fourth-order valence-corrected chi connectivity index (χ4v) is 2.94. The normalized spacial score (nSPS) is 11.5. The second kappa shape index (κ2) is 5.24. The van der Waals surface area contributed by atoms with Crippen LogP contribution in [0.5, 0.6) is 0 Å². The molecule has 0 unspecified atom stereocenters. The molecule has 0 amide bonds. The maximum Gasteiger partial charge on any atom is 0.142 e. The van der Waals surface area contributed by atoms with Gasteiger partial charge in [-0.2, -0.15) is 0 Å². The molecule has 3 rings (SSSR count). The number of benzene rings is 2. The largest absolute Gasteiger partial charge is 0.399 e. The molecule has 0 aliphatic heterocycles. The second-order valence-corrected chi connectivity index (χ2v) is 6.12. The van der Waals surface area contributed by atoms with E-state index in [0.29, 0.717) is 15.7 Å². The van der Waals surface area contributed by atoms with Gasteiger partial charge < -0.3 is 10.3 Å². The van der Waals surface area contributed by atoms with Gasteiger partial charge in [0.2, 0.25) is 0 Å². The van der Waals surface area contributed by atoms with E-state index in [-0.39, 0.29) is 6.04 Å². The molecule has 0 aliphatic carbocycles. The van der Waals surface area contributed by atoms with Gasteiger partial charge in [0.25, 0.3) is 0 Å². The topological polar surface area (TPSA) is 43.8 Å². The highest BCUT2D eigenvalue weighted by molar-refractivity contribution is 6.33. The van der Waals surface area contributed by atoms with E-state index in [1.807, 2.05) is 30.3 Å². The van der Waals surface area contributed by atoms with Gasteiger partial charge in [-0.3, -0.25) is 0 Å². The zero-order chi connectivity index (χ0) is 15.1. The molecule has 0 aliphatic rings. The van der Waals surface area contributed by atoms with Crippen molar-refractivity contribution in [1.82, 2.24) is 9.55 Å². The van der Waals surface area contributed by atoms with Gasteiger partial charge in [-0.15, -0.1) is 0 Å². The number of halogens is 2. The van der Waals surface area contributed by atoms with Crippen LogP contribution < -0.4 is 5.73 Å².